The fourth-order valence-corrected chi connectivity index (χ4v) is 2.59. The molecule has 0 unspecified atom stereocenters. The Morgan fingerprint density at radius 3 is 2.44 bits per heavy atom. The van der Waals surface area contributed by atoms with E-state index in [-0.39, 0.29) is 11.3 Å². The molecule has 90 valence electrons. The normalized spacial score (nSPS) is 11.5. The molecule has 0 amide bonds. The van der Waals surface area contributed by atoms with E-state index < -0.39 is 14.8 Å². The summed E-state index contributed by atoms with van der Waals surface area (Å²) in [5.41, 5.74) is 1.55. The summed E-state index contributed by atoms with van der Waals surface area (Å²) >= 11 is 0. The van der Waals surface area contributed by atoms with E-state index in [0.717, 1.165) is 5.56 Å². The molecule has 6 heteroatoms. The number of aromatic hydroxyl groups is 1. The summed E-state index contributed by atoms with van der Waals surface area (Å²) in [6.45, 7) is 3.43. The summed E-state index contributed by atoms with van der Waals surface area (Å²) in [5, 5.41) is 9.79. The van der Waals surface area contributed by atoms with Crippen molar-refractivity contribution in [3.8, 4) is 11.5 Å². The van der Waals surface area contributed by atoms with Crippen molar-refractivity contribution in [2.45, 2.75) is 19.6 Å². The molecule has 0 heterocycles. The van der Waals surface area contributed by atoms with Crippen LogP contribution < -0.4 is 4.74 Å². The zero-order valence-electron chi connectivity index (χ0n) is 9.24. The average Bonchev–Trinajstić information content (AvgIpc) is 2.12. The van der Waals surface area contributed by atoms with Crippen LogP contribution in [0.5, 0.6) is 11.5 Å². The molecule has 0 aromatic heterocycles. The molecule has 0 saturated carbocycles. The standard InChI is InChI=1S/C10H13ClO4S/c1-6-4-8(5-16(11,13)14)9(12)7(2)10(6)15-3/h4,12H,5H2,1-3H3. The number of aryl methyl sites for hydroxylation is 1. The minimum absolute atomic E-state index is 0.0910. The molecule has 1 aromatic rings. The minimum atomic E-state index is -3.68. The molecule has 0 radical (unpaired) electrons. The van der Waals surface area contributed by atoms with E-state index >= 15 is 0 Å². The van der Waals surface area contributed by atoms with Crippen molar-refractivity contribution in [3.63, 3.8) is 0 Å². The lowest BCUT2D eigenvalue weighted by atomic mass is 10.1. The lowest BCUT2D eigenvalue weighted by molar-refractivity contribution is 0.398. The van der Waals surface area contributed by atoms with Gasteiger partial charge in [0.15, 0.2) is 0 Å². The first kappa shape index (κ1) is 13.1. The fraction of sp³-hybridized carbons (Fsp3) is 0.400. The van der Waals surface area contributed by atoms with Crippen LogP contribution in [-0.2, 0) is 14.8 Å². The van der Waals surface area contributed by atoms with Gasteiger partial charge in [0.25, 0.3) is 0 Å². The predicted molar refractivity (Wildman–Crippen MR) is 62.6 cm³/mol. The highest BCUT2D eigenvalue weighted by Crippen LogP contribution is 2.34. The Bertz CT molecular complexity index is 508. The number of halogens is 1. The Labute approximate surface area is 99.2 Å². The van der Waals surface area contributed by atoms with Gasteiger partial charge in [-0.05, 0) is 25.5 Å². The molecule has 0 aliphatic carbocycles. The number of ether oxygens (including phenoxy) is 1. The van der Waals surface area contributed by atoms with E-state index in [1.54, 1.807) is 19.9 Å². The Hall–Kier alpha value is -0.940. The van der Waals surface area contributed by atoms with Gasteiger partial charge in [-0.25, -0.2) is 8.42 Å². The molecule has 0 fully saturated rings. The van der Waals surface area contributed by atoms with Gasteiger partial charge in [-0.2, -0.15) is 0 Å². The molecule has 1 aromatic carbocycles. The van der Waals surface area contributed by atoms with Crippen molar-refractivity contribution in [2.75, 3.05) is 7.11 Å². The topological polar surface area (TPSA) is 63.6 Å². The maximum absolute atomic E-state index is 11.0. The van der Waals surface area contributed by atoms with Crippen molar-refractivity contribution in [3.05, 3.63) is 22.8 Å². The van der Waals surface area contributed by atoms with Crippen LogP contribution in [0.15, 0.2) is 6.07 Å². The van der Waals surface area contributed by atoms with Crippen molar-refractivity contribution >= 4 is 19.7 Å². The van der Waals surface area contributed by atoms with Crippen LogP contribution >= 0.6 is 10.7 Å². The van der Waals surface area contributed by atoms with E-state index in [0.29, 0.717) is 11.3 Å². The zero-order valence-corrected chi connectivity index (χ0v) is 10.8. The number of rotatable bonds is 3. The molecule has 0 aliphatic rings. The predicted octanol–water partition coefficient (Wildman–Crippen LogP) is 2.09. The van der Waals surface area contributed by atoms with Crippen LogP contribution in [0.3, 0.4) is 0 Å². The summed E-state index contributed by atoms with van der Waals surface area (Å²) < 4.78 is 27.0. The average molecular weight is 265 g/mol. The lowest BCUT2D eigenvalue weighted by Gasteiger charge is -2.13. The molecule has 0 bridgehead atoms. The molecule has 0 spiro atoms. The smallest absolute Gasteiger partial charge is 0.236 e. The van der Waals surface area contributed by atoms with Gasteiger partial charge in [0.1, 0.15) is 11.5 Å². The second-order valence-corrected chi connectivity index (χ2v) is 6.32. The van der Waals surface area contributed by atoms with Crippen LogP contribution in [0.4, 0.5) is 0 Å². The highest BCUT2D eigenvalue weighted by molar-refractivity contribution is 8.13. The molecule has 1 rings (SSSR count). The van der Waals surface area contributed by atoms with E-state index in [9.17, 15) is 13.5 Å². The van der Waals surface area contributed by atoms with Gasteiger partial charge >= 0.3 is 0 Å². The fourth-order valence-electron chi connectivity index (χ4n) is 1.65. The number of methoxy groups -OCH3 is 1. The Balaban J connectivity index is 3.34. The molecule has 0 saturated heterocycles. The van der Waals surface area contributed by atoms with Gasteiger partial charge in [-0.15, -0.1) is 0 Å². The molecule has 0 atom stereocenters. The third-order valence-electron chi connectivity index (χ3n) is 2.28. The monoisotopic (exact) mass is 264 g/mol. The molecular formula is C10H13ClO4S. The lowest BCUT2D eigenvalue weighted by Crippen LogP contribution is -2.00. The Morgan fingerprint density at radius 2 is 2.00 bits per heavy atom. The third-order valence-corrected chi connectivity index (χ3v) is 3.26. The van der Waals surface area contributed by atoms with Crippen molar-refractivity contribution in [1.82, 2.24) is 0 Å². The van der Waals surface area contributed by atoms with Gasteiger partial charge in [0, 0.05) is 21.8 Å². The Kier molecular flexibility index (Phi) is 3.70. The highest BCUT2D eigenvalue weighted by Gasteiger charge is 2.17. The molecule has 4 nitrogen and oxygen atoms in total. The largest absolute Gasteiger partial charge is 0.507 e. The first-order valence-corrected chi connectivity index (χ1v) is 7.02. The number of hydrogen-bond donors (Lipinski definition) is 1. The van der Waals surface area contributed by atoms with Gasteiger partial charge in [0.2, 0.25) is 9.05 Å². The number of phenols is 1. The number of phenolic OH excluding ortho intramolecular Hbond substituents is 1. The van der Waals surface area contributed by atoms with Gasteiger partial charge in [-0.3, -0.25) is 0 Å². The van der Waals surface area contributed by atoms with E-state index in [1.807, 2.05) is 0 Å². The van der Waals surface area contributed by atoms with Crippen LogP contribution in [-0.4, -0.2) is 20.6 Å². The summed E-state index contributed by atoms with van der Waals surface area (Å²) in [4.78, 5) is 0. The summed E-state index contributed by atoms with van der Waals surface area (Å²) in [5.74, 6) is 0.0615. The first-order valence-electron chi connectivity index (χ1n) is 4.54. The van der Waals surface area contributed by atoms with Crippen LogP contribution in [0.25, 0.3) is 0 Å². The summed E-state index contributed by atoms with van der Waals surface area (Å²) in [6, 6.07) is 1.56. The van der Waals surface area contributed by atoms with Crippen LogP contribution in [0.2, 0.25) is 0 Å². The quantitative estimate of drug-likeness (QED) is 0.849. The van der Waals surface area contributed by atoms with E-state index in [1.165, 1.54) is 7.11 Å². The minimum Gasteiger partial charge on any atom is -0.507 e. The molecule has 0 aliphatic heterocycles. The number of benzene rings is 1. The van der Waals surface area contributed by atoms with E-state index in [2.05, 4.69) is 0 Å². The van der Waals surface area contributed by atoms with Gasteiger partial charge < -0.3 is 9.84 Å². The second-order valence-electron chi connectivity index (χ2n) is 3.54. The molecule has 1 N–H and O–H groups in total. The van der Waals surface area contributed by atoms with Crippen LogP contribution in [0.1, 0.15) is 16.7 Å². The molecular weight excluding hydrogens is 252 g/mol. The molecule has 16 heavy (non-hydrogen) atoms. The van der Waals surface area contributed by atoms with Crippen molar-refractivity contribution in [2.24, 2.45) is 0 Å². The first-order chi connectivity index (χ1) is 7.26. The summed E-state index contributed by atoms with van der Waals surface area (Å²) in [7, 11) is 2.96. The van der Waals surface area contributed by atoms with Crippen molar-refractivity contribution < 1.29 is 18.3 Å². The van der Waals surface area contributed by atoms with E-state index in [4.69, 9.17) is 15.4 Å². The zero-order chi connectivity index (χ0) is 12.5. The SMILES string of the molecule is COc1c(C)cc(CS(=O)(=O)Cl)c(O)c1C. The maximum atomic E-state index is 11.0. The van der Waals surface area contributed by atoms with Gasteiger partial charge in [-0.1, -0.05) is 0 Å². The van der Waals surface area contributed by atoms with Crippen LogP contribution in [0, 0.1) is 13.8 Å². The Morgan fingerprint density at radius 1 is 1.44 bits per heavy atom. The third kappa shape index (κ3) is 2.80. The highest BCUT2D eigenvalue weighted by atomic mass is 35.7. The maximum Gasteiger partial charge on any atom is 0.236 e. The number of hydrogen-bond acceptors (Lipinski definition) is 4. The second kappa shape index (κ2) is 4.51. The summed E-state index contributed by atoms with van der Waals surface area (Å²) in [6.07, 6.45) is 0. The van der Waals surface area contributed by atoms with Gasteiger partial charge in [0.05, 0.1) is 12.9 Å². The van der Waals surface area contributed by atoms with Crippen molar-refractivity contribution in [1.29, 1.82) is 0 Å².